The molecule has 2 aromatic carbocycles. The van der Waals surface area contributed by atoms with Gasteiger partial charge in [0.05, 0.1) is 17.8 Å². The summed E-state index contributed by atoms with van der Waals surface area (Å²) in [4.78, 5) is 12.2. The molecule has 0 heterocycles. The van der Waals surface area contributed by atoms with E-state index in [0.717, 1.165) is 0 Å². The zero-order valence-corrected chi connectivity index (χ0v) is 14.3. The van der Waals surface area contributed by atoms with Crippen LogP contribution in [0.15, 0.2) is 42.5 Å². The van der Waals surface area contributed by atoms with Gasteiger partial charge >= 0.3 is 6.61 Å². The van der Waals surface area contributed by atoms with Crippen LogP contribution in [0.3, 0.4) is 0 Å². The van der Waals surface area contributed by atoms with Gasteiger partial charge in [-0.05, 0) is 31.2 Å². The van der Waals surface area contributed by atoms with E-state index in [0.29, 0.717) is 16.4 Å². The lowest BCUT2D eigenvalue weighted by Gasteiger charge is -2.17. The molecule has 5 nitrogen and oxygen atoms in total. The zero-order valence-electron chi connectivity index (χ0n) is 13.6. The Bertz CT molecular complexity index is 744. The van der Waals surface area contributed by atoms with Gasteiger partial charge in [-0.15, -0.1) is 0 Å². The van der Waals surface area contributed by atoms with Crippen molar-refractivity contribution in [3.8, 4) is 11.5 Å². The molecule has 25 heavy (non-hydrogen) atoms. The predicted octanol–water partition coefficient (Wildman–Crippen LogP) is 4.39. The van der Waals surface area contributed by atoms with Crippen LogP contribution in [0.25, 0.3) is 0 Å². The van der Waals surface area contributed by atoms with Gasteiger partial charge in [0.2, 0.25) is 5.91 Å². The molecule has 2 rings (SSSR count). The minimum absolute atomic E-state index is 0.124. The summed E-state index contributed by atoms with van der Waals surface area (Å²) in [6.45, 7) is -1.35. The number of para-hydroxylation sites is 1. The summed E-state index contributed by atoms with van der Waals surface area (Å²) in [6, 6.07) is 10.6. The van der Waals surface area contributed by atoms with E-state index < -0.39 is 12.7 Å². The van der Waals surface area contributed by atoms with Gasteiger partial charge < -0.3 is 20.1 Å². The van der Waals surface area contributed by atoms with Crippen LogP contribution in [0.4, 0.5) is 20.2 Å². The fourth-order valence-corrected chi connectivity index (χ4v) is 2.26. The highest BCUT2D eigenvalue weighted by molar-refractivity contribution is 6.33. The van der Waals surface area contributed by atoms with Crippen molar-refractivity contribution < 1.29 is 23.0 Å². The molecule has 0 aromatic heterocycles. The van der Waals surface area contributed by atoms with Crippen molar-refractivity contribution in [1.82, 2.24) is 0 Å². The lowest BCUT2D eigenvalue weighted by Crippen LogP contribution is -2.31. The summed E-state index contributed by atoms with van der Waals surface area (Å²) in [5.41, 5.74) is 0.914. The summed E-state index contributed by atoms with van der Waals surface area (Å²) in [5, 5.41) is 6.02. The number of rotatable bonds is 7. The summed E-state index contributed by atoms with van der Waals surface area (Å²) >= 11 is 6.00. The van der Waals surface area contributed by atoms with Crippen LogP contribution in [0.1, 0.15) is 6.92 Å². The van der Waals surface area contributed by atoms with E-state index in [4.69, 9.17) is 16.3 Å². The highest BCUT2D eigenvalue weighted by atomic mass is 35.5. The number of ether oxygens (including phenoxy) is 2. The predicted molar refractivity (Wildman–Crippen MR) is 92.8 cm³/mol. The number of halogens is 3. The molecule has 0 bridgehead atoms. The van der Waals surface area contributed by atoms with Crippen LogP contribution in [-0.2, 0) is 4.79 Å². The number of methoxy groups -OCH3 is 1. The highest BCUT2D eigenvalue weighted by Crippen LogP contribution is 2.31. The molecule has 0 radical (unpaired) electrons. The van der Waals surface area contributed by atoms with Crippen molar-refractivity contribution in [3.05, 3.63) is 47.5 Å². The molecule has 0 aliphatic heterocycles. The minimum Gasteiger partial charge on any atom is -0.493 e. The number of amides is 1. The molecular formula is C17H17ClF2N2O3. The molecule has 1 amide bonds. The molecule has 0 fully saturated rings. The third kappa shape index (κ3) is 5.22. The number of carbonyl (C=O) groups is 1. The second-order valence-corrected chi connectivity index (χ2v) is 5.49. The summed E-state index contributed by atoms with van der Waals surface area (Å²) in [5.74, 6) is -0.291. The quantitative estimate of drug-likeness (QED) is 0.759. The third-order valence-electron chi connectivity index (χ3n) is 3.29. The fraction of sp³-hybridized carbons (Fsp3) is 0.235. The van der Waals surface area contributed by atoms with Crippen LogP contribution in [-0.4, -0.2) is 25.7 Å². The number of carbonyl (C=O) groups excluding carboxylic acids is 1. The van der Waals surface area contributed by atoms with E-state index in [1.807, 2.05) is 0 Å². The Balaban J connectivity index is 2.07. The lowest BCUT2D eigenvalue weighted by molar-refractivity contribution is -0.116. The van der Waals surface area contributed by atoms with Gasteiger partial charge in [0, 0.05) is 11.8 Å². The van der Waals surface area contributed by atoms with Crippen molar-refractivity contribution in [2.75, 3.05) is 17.7 Å². The van der Waals surface area contributed by atoms with Crippen LogP contribution in [0.2, 0.25) is 5.02 Å². The second-order valence-electron chi connectivity index (χ2n) is 5.08. The van der Waals surface area contributed by atoms with Crippen molar-refractivity contribution in [2.24, 2.45) is 0 Å². The average molecular weight is 371 g/mol. The lowest BCUT2D eigenvalue weighted by atomic mass is 10.2. The first-order valence-corrected chi connectivity index (χ1v) is 7.73. The minimum atomic E-state index is -2.98. The number of hydrogen-bond donors (Lipinski definition) is 2. The van der Waals surface area contributed by atoms with Gasteiger partial charge in [-0.25, -0.2) is 0 Å². The van der Waals surface area contributed by atoms with E-state index in [1.54, 1.807) is 37.3 Å². The van der Waals surface area contributed by atoms with Crippen LogP contribution in [0.5, 0.6) is 11.5 Å². The zero-order chi connectivity index (χ0) is 18.4. The van der Waals surface area contributed by atoms with Crippen molar-refractivity contribution in [2.45, 2.75) is 19.6 Å². The molecule has 0 saturated carbocycles. The third-order valence-corrected chi connectivity index (χ3v) is 3.62. The first-order chi connectivity index (χ1) is 11.9. The van der Waals surface area contributed by atoms with E-state index in [1.165, 1.54) is 19.2 Å². The summed E-state index contributed by atoms with van der Waals surface area (Å²) in [6.07, 6.45) is 0. The molecule has 0 aliphatic rings. The SMILES string of the molecule is COc1ccc(NC(C)C(=O)Nc2ccccc2Cl)cc1OC(F)F. The van der Waals surface area contributed by atoms with E-state index in [-0.39, 0.29) is 17.4 Å². The van der Waals surface area contributed by atoms with Gasteiger partial charge in [-0.2, -0.15) is 8.78 Å². The number of nitrogens with one attached hydrogen (secondary N) is 2. The van der Waals surface area contributed by atoms with Crippen LogP contribution in [0, 0.1) is 0 Å². The van der Waals surface area contributed by atoms with Crippen molar-refractivity contribution in [1.29, 1.82) is 0 Å². The molecule has 134 valence electrons. The van der Waals surface area contributed by atoms with E-state index in [9.17, 15) is 13.6 Å². The van der Waals surface area contributed by atoms with Gasteiger partial charge in [0.25, 0.3) is 0 Å². The number of anilines is 2. The first kappa shape index (κ1) is 18.8. The van der Waals surface area contributed by atoms with Crippen molar-refractivity contribution >= 4 is 28.9 Å². The van der Waals surface area contributed by atoms with Gasteiger partial charge in [-0.3, -0.25) is 4.79 Å². The van der Waals surface area contributed by atoms with Crippen LogP contribution < -0.4 is 20.1 Å². The largest absolute Gasteiger partial charge is 0.493 e. The molecule has 2 N–H and O–H groups in total. The smallest absolute Gasteiger partial charge is 0.387 e. The molecule has 0 saturated heterocycles. The Morgan fingerprint density at radius 3 is 2.52 bits per heavy atom. The molecule has 0 spiro atoms. The Morgan fingerprint density at radius 1 is 1.16 bits per heavy atom. The van der Waals surface area contributed by atoms with Gasteiger partial charge in [0.1, 0.15) is 6.04 Å². The number of benzene rings is 2. The van der Waals surface area contributed by atoms with Crippen LogP contribution >= 0.6 is 11.6 Å². The maximum absolute atomic E-state index is 12.5. The molecule has 8 heteroatoms. The maximum Gasteiger partial charge on any atom is 0.387 e. The first-order valence-electron chi connectivity index (χ1n) is 7.35. The summed E-state index contributed by atoms with van der Waals surface area (Å²) < 4.78 is 34.3. The Labute approximate surface area is 148 Å². The van der Waals surface area contributed by atoms with E-state index >= 15 is 0 Å². The second kappa shape index (κ2) is 8.53. The molecule has 1 atom stereocenters. The number of alkyl halides is 2. The topological polar surface area (TPSA) is 59.6 Å². The molecule has 2 aromatic rings. The van der Waals surface area contributed by atoms with Gasteiger partial charge in [0.15, 0.2) is 11.5 Å². The maximum atomic E-state index is 12.5. The molecular weight excluding hydrogens is 354 g/mol. The molecule has 1 unspecified atom stereocenters. The monoisotopic (exact) mass is 370 g/mol. The van der Waals surface area contributed by atoms with E-state index in [2.05, 4.69) is 15.4 Å². The highest BCUT2D eigenvalue weighted by Gasteiger charge is 2.16. The normalized spacial score (nSPS) is 11.8. The Morgan fingerprint density at radius 2 is 1.88 bits per heavy atom. The number of hydrogen-bond acceptors (Lipinski definition) is 4. The average Bonchev–Trinajstić information content (AvgIpc) is 2.56. The fourth-order valence-electron chi connectivity index (χ4n) is 2.07. The standard InChI is InChI=1S/C17H17ClF2N2O3/c1-10(16(23)22-13-6-4-3-5-12(13)18)21-11-7-8-14(24-2)15(9-11)25-17(19)20/h3-10,17,21H,1-2H3,(H,22,23). The van der Waals surface area contributed by atoms with Crippen molar-refractivity contribution in [3.63, 3.8) is 0 Å². The Kier molecular flexibility index (Phi) is 6.41. The summed E-state index contributed by atoms with van der Waals surface area (Å²) in [7, 11) is 1.35. The Hall–Kier alpha value is -2.54. The molecule has 0 aliphatic carbocycles. The van der Waals surface area contributed by atoms with Gasteiger partial charge in [-0.1, -0.05) is 23.7 Å².